The Balaban J connectivity index is 0.000000182. The van der Waals surface area contributed by atoms with Crippen LogP contribution in [-0.4, -0.2) is 63.0 Å². The highest BCUT2D eigenvalue weighted by molar-refractivity contribution is 7.99. The molecule has 0 aliphatic carbocycles. The maximum absolute atomic E-state index is 12.1. The topological polar surface area (TPSA) is 204 Å². The van der Waals surface area contributed by atoms with Gasteiger partial charge in [-0.3, -0.25) is 14.6 Å². The van der Waals surface area contributed by atoms with Crippen molar-refractivity contribution in [3.05, 3.63) is 77.1 Å². The van der Waals surface area contributed by atoms with Crippen molar-refractivity contribution < 1.29 is 34.7 Å². The number of amides is 1. The summed E-state index contributed by atoms with van der Waals surface area (Å²) in [6, 6.07) is 15.7. The van der Waals surface area contributed by atoms with Gasteiger partial charge in [0.1, 0.15) is 22.5 Å². The lowest BCUT2D eigenvalue weighted by Gasteiger charge is -2.08. The van der Waals surface area contributed by atoms with Crippen molar-refractivity contribution in [1.29, 1.82) is 0 Å². The number of nitrogens with zero attached hydrogens (tertiary/aromatic N) is 4. The average molecular weight is 644 g/mol. The zero-order chi connectivity index (χ0) is 33.1. The molecule has 3 aromatic heterocycles. The first-order chi connectivity index (χ1) is 21.9. The van der Waals surface area contributed by atoms with Crippen LogP contribution >= 0.6 is 11.8 Å². The molecule has 14 heteroatoms. The molecule has 0 fully saturated rings. The Labute approximate surface area is 265 Å². The van der Waals surface area contributed by atoms with Crippen molar-refractivity contribution >= 4 is 39.5 Å². The van der Waals surface area contributed by atoms with Gasteiger partial charge in [0, 0.05) is 47.9 Å². The van der Waals surface area contributed by atoms with E-state index < -0.39 is 22.7 Å². The summed E-state index contributed by atoms with van der Waals surface area (Å²) in [4.78, 5) is 28.2. The SMILES string of the molecule is CC(C)NC(=O)CSc1nnc(-c2ccc3ncccc3c2)n1C.O=c1c(O)c(-c2ccc(O)c(O)c2)oc2cc(O)cc(O)c12. The van der Waals surface area contributed by atoms with Gasteiger partial charge in [-0.1, -0.05) is 17.8 Å². The van der Waals surface area contributed by atoms with Crippen LogP contribution < -0.4 is 10.7 Å². The minimum atomic E-state index is -0.888. The molecule has 236 valence electrons. The highest BCUT2D eigenvalue weighted by Gasteiger charge is 2.19. The minimum Gasteiger partial charge on any atom is -0.508 e. The number of pyridine rings is 1. The van der Waals surface area contributed by atoms with Gasteiger partial charge in [0.15, 0.2) is 28.2 Å². The molecule has 0 aliphatic rings. The van der Waals surface area contributed by atoms with Crippen LogP contribution in [0.15, 0.2) is 81.2 Å². The summed E-state index contributed by atoms with van der Waals surface area (Å²) in [6.07, 6.45) is 1.78. The molecule has 0 atom stereocenters. The number of phenols is 4. The molecule has 0 saturated carbocycles. The van der Waals surface area contributed by atoms with Crippen molar-refractivity contribution in [2.45, 2.75) is 25.0 Å². The number of hydrogen-bond acceptors (Lipinski definition) is 12. The Morgan fingerprint density at radius 1 is 0.935 bits per heavy atom. The summed E-state index contributed by atoms with van der Waals surface area (Å²) >= 11 is 1.38. The van der Waals surface area contributed by atoms with Crippen molar-refractivity contribution in [1.82, 2.24) is 25.1 Å². The molecule has 0 aliphatic heterocycles. The molecule has 0 bridgehead atoms. The third-order valence-corrected chi connectivity index (χ3v) is 7.67. The van der Waals surface area contributed by atoms with Crippen LogP contribution in [0.5, 0.6) is 28.7 Å². The molecule has 1 amide bonds. The number of thioether (sulfide) groups is 1. The summed E-state index contributed by atoms with van der Waals surface area (Å²) in [5.41, 5.74) is 1.03. The van der Waals surface area contributed by atoms with E-state index in [2.05, 4.69) is 20.5 Å². The molecule has 0 unspecified atom stereocenters. The maximum atomic E-state index is 12.1. The number of aromatic hydroxyl groups is 5. The van der Waals surface area contributed by atoms with E-state index in [4.69, 9.17) is 4.42 Å². The number of nitrogens with one attached hydrogen (secondary N) is 1. The number of phenolic OH excluding ortho intramolecular Hbond substituents is 4. The number of fused-ring (bicyclic) bond motifs is 2. The Morgan fingerprint density at radius 3 is 2.43 bits per heavy atom. The lowest BCUT2D eigenvalue weighted by atomic mass is 10.1. The van der Waals surface area contributed by atoms with Gasteiger partial charge in [0.25, 0.3) is 0 Å². The number of carbonyl (C=O) groups excluding carboxylic acids is 1. The fourth-order valence-electron chi connectivity index (χ4n) is 4.54. The van der Waals surface area contributed by atoms with Crippen LogP contribution in [0.3, 0.4) is 0 Å². The molecule has 6 rings (SSSR count). The first kappa shape index (κ1) is 31.7. The lowest BCUT2D eigenvalue weighted by Crippen LogP contribution is -2.31. The number of aromatic nitrogens is 4. The van der Waals surface area contributed by atoms with Crippen LogP contribution in [0.1, 0.15) is 13.8 Å². The van der Waals surface area contributed by atoms with Gasteiger partial charge in [-0.25, -0.2) is 0 Å². The monoisotopic (exact) mass is 643 g/mol. The Kier molecular flexibility index (Phi) is 9.00. The molecule has 13 nitrogen and oxygen atoms in total. The fourth-order valence-corrected chi connectivity index (χ4v) is 5.26. The molecule has 3 heterocycles. The third kappa shape index (κ3) is 6.66. The fraction of sp³-hybridized carbons (Fsp3) is 0.156. The second-order valence-electron chi connectivity index (χ2n) is 10.4. The van der Waals surface area contributed by atoms with E-state index in [1.165, 1.54) is 17.8 Å². The molecule has 0 spiro atoms. The highest BCUT2D eigenvalue weighted by Crippen LogP contribution is 2.37. The second-order valence-corrected chi connectivity index (χ2v) is 11.4. The molecular weight excluding hydrogens is 614 g/mol. The zero-order valence-electron chi connectivity index (χ0n) is 24.8. The Hall–Kier alpha value is -5.76. The Morgan fingerprint density at radius 2 is 1.70 bits per heavy atom. The molecule has 46 heavy (non-hydrogen) atoms. The van der Waals surface area contributed by atoms with Crippen LogP contribution in [0.4, 0.5) is 0 Å². The van der Waals surface area contributed by atoms with Gasteiger partial charge in [-0.2, -0.15) is 0 Å². The number of benzene rings is 3. The summed E-state index contributed by atoms with van der Waals surface area (Å²) in [6.45, 7) is 3.88. The molecule has 6 aromatic rings. The van der Waals surface area contributed by atoms with Gasteiger partial charge in [0.2, 0.25) is 17.1 Å². The van der Waals surface area contributed by atoms with Crippen LogP contribution in [0, 0.1) is 0 Å². The van der Waals surface area contributed by atoms with Crippen molar-refractivity contribution in [2.75, 3.05) is 5.75 Å². The minimum absolute atomic E-state index is 0.00340. The first-order valence-electron chi connectivity index (χ1n) is 13.8. The summed E-state index contributed by atoms with van der Waals surface area (Å²) in [5.74, 6) is -1.62. The molecule has 0 saturated heterocycles. The summed E-state index contributed by atoms with van der Waals surface area (Å²) in [5, 5.41) is 60.8. The second kappa shape index (κ2) is 13.1. The molecular formula is C32H29N5O8S. The van der Waals surface area contributed by atoms with E-state index in [9.17, 15) is 35.1 Å². The van der Waals surface area contributed by atoms with Gasteiger partial charge < -0.3 is 39.8 Å². The Bertz CT molecular complexity index is 2140. The van der Waals surface area contributed by atoms with Crippen LogP contribution in [0.2, 0.25) is 0 Å². The normalized spacial score (nSPS) is 11.0. The van der Waals surface area contributed by atoms with Gasteiger partial charge >= 0.3 is 0 Å². The van der Waals surface area contributed by atoms with Crippen molar-refractivity contribution in [3.63, 3.8) is 0 Å². The zero-order valence-corrected chi connectivity index (χ0v) is 25.6. The van der Waals surface area contributed by atoms with Crippen molar-refractivity contribution in [2.24, 2.45) is 7.05 Å². The third-order valence-electron chi connectivity index (χ3n) is 6.65. The maximum Gasteiger partial charge on any atom is 0.238 e. The van der Waals surface area contributed by atoms with Crippen LogP contribution in [-0.2, 0) is 11.8 Å². The lowest BCUT2D eigenvalue weighted by molar-refractivity contribution is -0.119. The first-order valence-corrected chi connectivity index (χ1v) is 14.8. The number of carbonyl (C=O) groups is 1. The predicted octanol–water partition coefficient (Wildman–Crippen LogP) is 4.64. The van der Waals surface area contributed by atoms with E-state index in [1.807, 2.05) is 55.8 Å². The number of hydrogen-bond donors (Lipinski definition) is 6. The van der Waals surface area contributed by atoms with Crippen molar-refractivity contribution in [3.8, 4) is 51.5 Å². The van der Waals surface area contributed by atoms with Gasteiger partial charge in [0.05, 0.1) is 11.3 Å². The molecule has 3 aromatic carbocycles. The molecule has 0 radical (unpaired) electrons. The van der Waals surface area contributed by atoms with Gasteiger partial charge in [-0.15, -0.1) is 10.2 Å². The predicted molar refractivity (Wildman–Crippen MR) is 172 cm³/mol. The highest BCUT2D eigenvalue weighted by atomic mass is 32.2. The largest absolute Gasteiger partial charge is 0.508 e. The summed E-state index contributed by atoms with van der Waals surface area (Å²) < 4.78 is 7.26. The standard InChI is InChI=1S/C17H19N5OS.C15H10O7/c1-11(2)19-15(23)10-24-17-21-20-16(22(17)3)13-6-7-14-12(9-13)5-4-8-18-14;16-7-4-10(19)12-11(5-7)22-15(14(21)13(12)20)6-1-2-8(17)9(18)3-6/h4-9,11H,10H2,1-3H3,(H,19,23);1-5,16-19,21H. The van der Waals surface area contributed by atoms with Gasteiger partial charge in [-0.05, 0) is 56.3 Å². The molecule has 6 N–H and O–H groups in total. The van der Waals surface area contributed by atoms with E-state index in [1.54, 1.807) is 6.20 Å². The smallest absolute Gasteiger partial charge is 0.238 e. The quantitative estimate of drug-likeness (QED) is 0.109. The van der Waals surface area contributed by atoms with E-state index >= 15 is 0 Å². The van der Waals surface area contributed by atoms with E-state index in [0.29, 0.717) is 5.75 Å². The number of rotatable bonds is 6. The van der Waals surface area contributed by atoms with Crippen LogP contribution in [0.25, 0.3) is 44.6 Å². The van der Waals surface area contributed by atoms with E-state index in [-0.39, 0.29) is 45.7 Å². The average Bonchev–Trinajstić information content (AvgIpc) is 3.38. The van der Waals surface area contributed by atoms with E-state index in [0.717, 1.165) is 51.7 Å². The summed E-state index contributed by atoms with van der Waals surface area (Å²) in [7, 11) is 1.91.